The standard InChI is InChI=1S/C14H17BrClNOS/c1-19-14(6-2-3-7-14)9-17-13(18)10-4-5-12(16)11(15)8-10/h4-5,8H,2-3,6-7,9H2,1H3,(H,17,18). The molecule has 104 valence electrons. The molecule has 0 aromatic heterocycles. The Bertz CT molecular complexity index is 475. The zero-order chi connectivity index (χ0) is 13.9. The zero-order valence-electron chi connectivity index (χ0n) is 10.8. The van der Waals surface area contributed by atoms with Gasteiger partial charge in [-0.2, -0.15) is 11.8 Å². The van der Waals surface area contributed by atoms with Crippen molar-refractivity contribution in [2.45, 2.75) is 30.4 Å². The summed E-state index contributed by atoms with van der Waals surface area (Å²) in [7, 11) is 0. The highest BCUT2D eigenvalue weighted by Crippen LogP contribution is 2.39. The summed E-state index contributed by atoms with van der Waals surface area (Å²) in [5.41, 5.74) is 0.644. The van der Waals surface area contributed by atoms with Crippen LogP contribution < -0.4 is 5.32 Å². The smallest absolute Gasteiger partial charge is 0.251 e. The van der Waals surface area contributed by atoms with Gasteiger partial charge in [0.25, 0.3) is 5.91 Å². The van der Waals surface area contributed by atoms with Gasteiger partial charge in [0.05, 0.1) is 5.02 Å². The number of nitrogens with one attached hydrogen (secondary N) is 1. The highest BCUT2D eigenvalue weighted by Gasteiger charge is 2.33. The van der Waals surface area contributed by atoms with Gasteiger partial charge in [0, 0.05) is 21.3 Å². The Morgan fingerprint density at radius 1 is 1.47 bits per heavy atom. The first-order valence-corrected chi connectivity index (χ1v) is 8.74. The molecule has 0 heterocycles. The van der Waals surface area contributed by atoms with Gasteiger partial charge < -0.3 is 5.32 Å². The van der Waals surface area contributed by atoms with Gasteiger partial charge >= 0.3 is 0 Å². The van der Waals surface area contributed by atoms with E-state index in [9.17, 15) is 4.79 Å². The number of thioether (sulfide) groups is 1. The third kappa shape index (κ3) is 3.67. The molecule has 1 aromatic rings. The number of amides is 1. The molecule has 0 atom stereocenters. The first kappa shape index (κ1) is 15.2. The molecule has 5 heteroatoms. The molecule has 1 amide bonds. The molecule has 2 nitrogen and oxygen atoms in total. The molecule has 1 saturated carbocycles. The molecular formula is C14H17BrClNOS. The SMILES string of the molecule is CSC1(CNC(=O)c2ccc(Cl)c(Br)c2)CCCC1. The van der Waals surface area contributed by atoms with Crippen molar-refractivity contribution in [2.75, 3.05) is 12.8 Å². The molecule has 0 bridgehead atoms. The fourth-order valence-corrected chi connectivity index (χ4v) is 3.86. The van der Waals surface area contributed by atoms with E-state index in [1.54, 1.807) is 18.2 Å². The quantitative estimate of drug-likeness (QED) is 0.854. The summed E-state index contributed by atoms with van der Waals surface area (Å²) in [6, 6.07) is 5.25. The Hall–Kier alpha value is -0.190. The van der Waals surface area contributed by atoms with Crippen molar-refractivity contribution < 1.29 is 4.79 Å². The fraction of sp³-hybridized carbons (Fsp3) is 0.500. The van der Waals surface area contributed by atoms with E-state index in [0.29, 0.717) is 10.6 Å². The maximum absolute atomic E-state index is 12.1. The largest absolute Gasteiger partial charge is 0.351 e. The van der Waals surface area contributed by atoms with Crippen molar-refractivity contribution in [3.8, 4) is 0 Å². The minimum Gasteiger partial charge on any atom is -0.351 e. The molecule has 0 radical (unpaired) electrons. The lowest BCUT2D eigenvalue weighted by molar-refractivity contribution is 0.0949. The van der Waals surface area contributed by atoms with Crippen molar-refractivity contribution in [3.63, 3.8) is 0 Å². The molecule has 1 aliphatic rings. The Kier molecular flexibility index (Phi) is 5.21. The molecule has 0 unspecified atom stereocenters. The first-order valence-electron chi connectivity index (χ1n) is 6.35. The Morgan fingerprint density at radius 3 is 2.74 bits per heavy atom. The van der Waals surface area contributed by atoms with Crippen LogP contribution in [0, 0.1) is 0 Å². The molecule has 2 rings (SSSR count). The lowest BCUT2D eigenvalue weighted by Crippen LogP contribution is -2.38. The number of hydrogen-bond acceptors (Lipinski definition) is 2. The normalized spacial score (nSPS) is 17.4. The van der Waals surface area contributed by atoms with Gasteiger partial charge in [-0.15, -0.1) is 0 Å². The Labute approximate surface area is 131 Å². The van der Waals surface area contributed by atoms with Crippen molar-refractivity contribution in [2.24, 2.45) is 0 Å². The van der Waals surface area contributed by atoms with Crippen LogP contribution in [0.5, 0.6) is 0 Å². The third-order valence-electron chi connectivity index (χ3n) is 3.70. The summed E-state index contributed by atoms with van der Waals surface area (Å²) in [4.78, 5) is 12.1. The predicted molar refractivity (Wildman–Crippen MR) is 86.2 cm³/mol. The number of benzene rings is 1. The van der Waals surface area contributed by atoms with Gasteiger partial charge in [0.15, 0.2) is 0 Å². The van der Waals surface area contributed by atoms with Crippen molar-refractivity contribution in [3.05, 3.63) is 33.3 Å². The van der Waals surface area contributed by atoms with Crippen LogP contribution in [0.4, 0.5) is 0 Å². The van der Waals surface area contributed by atoms with Crippen LogP contribution in [0.3, 0.4) is 0 Å². The third-order valence-corrected chi connectivity index (χ3v) is 6.33. The second-order valence-corrected chi connectivity index (χ2v) is 7.44. The molecule has 1 aromatic carbocycles. The lowest BCUT2D eigenvalue weighted by Gasteiger charge is -2.26. The number of carbonyl (C=O) groups is 1. The van der Waals surface area contributed by atoms with E-state index in [1.807, 2.05) is 11.8 Å². The van der Waals surface area contributed by atoms with E-state index in [-0.39, 0.29) is 10.7 Å². The molecule has 1 N–H and O–H groups in total. The maximum atomic E-state index is 12.1. The van der Waals surface area contributed by atoms with Crippen LogP contribution in [0.15, 0.2) is 22.7 Å². The minimum atomic E-state index is -0.0299. The summed E-state index contributed by atoms with van der Waals surface area (Å²) in [5.74, 6) is -0.0299. The molecule has 0 saturated heterocycles. The van der Waals surface area contributed by atoms with E-state index in [4.69, 9.17) is 11.6 Å². The van der Waals surface area contributed by atoms with Gasteiger partial charge in [-0.25, -0.2) is 0 Å². The summed E-state index contributed by atoms with van der Waals surface area (Å²) >= 11 is 11.1. The van der Waals surface area contributed by atoms with Gasteiger partial charge in [0.2, 0.25) is 0 Å². The molecular weight excluding hydrogens is 346 g/mol. The number of rotatable bonds is 4. The van der Waals surface area contributed by atoms with E-state index < -0.39 is 0 Å². The molecule has 19 heavy (non-hydrogen) atoms. The maximum Gasteiger partial charge on any atom is 0.251 e. The molecule has 0 spiro atoms. The van der Waals surface area contributed by atoms with Crippen LogP contribution >= 0.6 is 39.3 Å². The minimum absolute atomic E-state index is 0.0299. The predicted octanol–water partition coefficient (Wildman–Crippen LogP) is 4.51. The van der Waals surface area contributed by atoms with E-state index >= 15 is 0 Å². The topological polar surface area (TPSA) is 29.1 Å². The lowest BCUT2D eigenvalue weighted by atomic mass is 10.1. The first-order chi connectivity index (χ1) is 9.06. The summed E-state index contributed by atoms with van der Waals surface area (Å²) < 4.78 is 0.988. The highest BCUT2D eigenvalue weighted by molar-refractivity contribution is 9.10. The van der Waals surface area contributed by atoms with Crippen LogP contribution in [0.2, 0.25) is 5.02 Å². The molecule has 1 aliphatic carbocycles. The van der Waals surface area contributed by atoms with Crippen LogP contribution in [0.25, 0.3) is 0 Å². The zero-order valence-corrected chi connectivity index (χ0v) is 14.0. The number of halogens is 2. The van der Waals surface area contributed by atoms with Gasteiger partial charge in [-0.1, -0.05) is 24.4 Å². The van der Waals surface area contributed by atoms with E-state index in [2.05, 4.69) is 27.5 Å². The number of carbonyl (C=O) groups excluding carboxylic acids is 1. The number of hydrogen-bond donors (Lipinski definition) is 1. The van der Waals surface area contributed by atoms with Crippen molar-refractivity contribution in [1.29, 1.82) is 0 Å². The van der Waals surface area contributed by atoms with Crippen LogP contribution in [-0.4, -0.2) is 23.5 Å². The van der Waals surface area contributed by atoms with Crippen molar-refractivity contribution in [1.82, 2.24) is 5.32 Å². The Morgan fingerprint density at radius 2 is 2.16 bits per heavy atom. The van der Waals surface area contributed by atoms with Gasteiger partial charge in [-0.05, 0) is 53.2 Å². The highest BCUT2D eigenvalue weighted by atomic mass is 79.9. The average Bonchev–Trinajstić information content (AvgIpc) is 2.89. The summed E-state index contributed by atoms with van der Waals surface area (Å²) in [6.07, 6.45) is 7.06. The molecule has 1 fully saturated rings. The van der Waals surface area contributed by atoms with Crippen molar-refractivity contribution >= 4 is 45.2 Å². The second-order valence-electron chi connectivity index (χ2n) is 4.91. The average molecular weight is 363 g/mol. The fourth-order valence-electron chi connectivity index (χ4n) is 2.45. The van der Waals surface area contributed by atoms with E-state index in [1.165, 1.54) is 25.7 Å². The van der Waals surface area contributed by atoms with E-state index in [0.717, 1.165) is 11.0 Å². The molecule has 0 aliphatic heterocycles. The Balaban J connectivity index is 1.99. The summed E-state index contributed by atoms with van der Waals surface area (Å²) in [5, 5.41) is 3.67. The van der Waals surface area contributed by atoms with Gasteiger partial charge in [-0.3, -0.25) is 4.79 Å². The van der Waals surface area contributed by atoms with Gasteiger partial charge in [0.1, 0.15) is 0 Å². The summed E-state index contributed by atoms with van der Waals surface area (Å²) in [6.45, 7) is 0.743. The monoisotopic (exact) mass is 361 g/mol. The van der Waals surface area contributed by atoms with Crippen LogP contribution in [0.1, 0.15) is 36.0 Å². The van der Waals surface area contributed by atoms with Crippen LogP contribution in [-0.2, 0) is 0 Å². The second kappa shape index (κ2) is 6.51.